The summed E-state index contributed by atoms with van der Waals surface area (Å²) in [5.74, 6) is 1.40. The molecular formula is C52H100N22OS. The van der Waals surface area contributed by atoms with Gasteiger partial charge in [0.2, 0.25) is 6.73 Å². The summed E-state index contributed by atoms with van der Waals surface area (Å²) >= 11 is 1.47. The van der Waals surface area contributed by atoms with E-state index in [4.69, 9.17) is 0 Å². The maximum atomic E-state index is 4.44. The normalized spacial score (nSPS) is 11.6. The van der Waals surface area contributed by atoms with Crippen LogP contribution in [-0.4, -0.2) is 129 Å². The number of hydrogen-bond acceptors (Lipinski definition) is 24. The molecule has 0 saturated carbocycles. The number of oxime groups is 1. The van der Waals surface area contributed by atoms with Gasteiger partial charge in [0, 0.05) is 24.0 Å². The Hall–Kier alpha value is -6.33. The van der Waals surface area contributed by atoms with E-state index >= 15 is 0 Å². The molecule has 0 atom stereocenters. The zero-order valence-corrected chi connectivity index (χ0v) is 52.5. The first-order valence-corrected chi connectivity index (χ1v) is 25.4. The Bertz CT molecular complexity index is 1580. The van der Waals surface area contributed by atoms with Gasteiger partial charge in [-0.2, -0.15) is 5.10 Å². The van der Waals surface area contributed by atoms with Gasteiger partial charge < -0.3 is 4.84 Å². The lowest BCUT2D eigenvalue weighted by molar-refractivity contribution is 0.153. The average molecular weight is 1080 g/mol. The first-order chi connectivity index (χ1) is 34.6. The van der Waals surface area contributed by atoms with E-state index < -0.39 is 0 Å². The van der Waals surface area contributed by atoms with Crippen molar-refractivity contribution >= 4 is 36.8 Å². The Morgan fingerprint density at radius 2 is 0.737 bits per heavy atom. The molecule has 2 aliphatic heterocycles. The van der Waals surface area contributed by atoms with Gasteiger partial charge in [-0.1, -0.05) is 192 Å². The topological polar surface area (TPSA) is 291 Å². The fraction of sp³-hybridized carbons (Fsp3) is 0.692. The fourth-order valence-corrected chi connectivity index (χ4v) is 2.06. The lowest BCUT2D eigenvalue weighted by Crippen LogP contribution is -2.18. The van der Waals surface area contributed by atoms with Gasteiger partial charge in [-0.3, -0.25) is 4.99 Å². The van der Waals surface area contributed by atoms with Crippen LogP contribution in [-0.2, 0) is 10.3 Å². The molecule has 0 saturated heterocycles. The van der Waals surface area contributed by atoms with E-state index in [1.165, 1.54) is 62.1 Å². The Balaban J connectivity index is -0.000000176. The minimum atomic E-state index is -0.0943. The van der Waals surface area contributed by atoms with Crippen molar-refractivity contribution < 1.29 is 4.84 Å². The van der Waals surface area contributed by atoms with Crippen LogP contribution in [0, 0.1) is 32.5 Å². The number of hydrogen-bond donors (Lipinski definition) is 0. The average Bonchev–Trinajstić information content (AvgIpc) is 3.31. The summed E-state index contributed by atoms with van der Waals surface area (Å²) < 4.78 is 3.82. The van der Waals surface area contributed by atoms with Crippen LogP contribution in [0.3, 0.4) is 0 Å². The first-order valence-electron chi connectivity index (χ1n) is 24.4. The molecule has 5 aromatic rings. The third-order valence-electron chi connectivity index (χ3n) is 3.47. The number of nitrogens with zero attached hydrogens (tertiary/aromatic N) is 22. The second-order valence-corrected chi connectivity index (χ2v) is 26.6. The summed E-state index contributed by atoms with van der Waals surface area (Å²) in [6.07, 6.45) is 21.4. The predicted molar refractivity (Wildman–Crippen MR) is 314 cm³/mol. The van der Waals surface area contributed by atoms with Crippen LogP contribution < -0.4 is 0 Å². The van der Waals surface area contributed by atoms with Crippen molar-refractivity contribution in [2.24, 2.45) is 52.0 Å². The first kappa shape index (κ1) is 81.0. The molecule has 0 aromatic carbocycles. The van der Waals surface area contributed by atoms with Crippen molar-refractivity contribution in [3.05, 3.63) is 74.4 Å². The molecule has 0 aliphatic carbocycles. The summed E-state index contributed by atoms with van der Waals surface area (Å²) in [5.41, 5.74) is 2.91. The van der Waals surface area contributed by atoms with E-state index in [9.17, 15) is 0 Å². The zero-order chi connectivity index (χ0) is 60.1. The lowest BCUT2D eigenvalue weighted by atomic mass is 9.96. The van der Waals surface area contributed by atoms with E-state index in [1.807, 2.05) is 20.8 Å². The van der Waals surface area contributed by atoms with Gasteiger partial charge in [-0.25, -0.2) is 29.3 Å². The van der Waals surface area contributed by atoms with Crippen molar-refractivity contribution in [2.75, 3.05) is 12.6 Å². The van der Waals surface area contributed by atoms with Gasteiger partial charge >= 0.3 is 0 Å². The second-order valence-electron chi connectivity index (χ2n) is 25.8. The van der Waals surface area contributed by atoms with Crippen molar-refractivity contribution in [2.45, 2.75) is 192 Å². The Labute approximate surface area is 463 Å². The maximum absolute atomic E-state index is 4.44. The van der Waals surface area contributed by atoms with E-state index in [0.717, 1.165) is 5.88 Å². The van der Waals surface area contributed by atoms with Gasteiger partial charge in [-0.05, 0) is 81.8 Å². The van der Waals surface area contributed by atoms with E-state index in [0.29, 0.717) is 45.0 Å². The fourth-order valence-electron chi connectivity index (χ4n) is 1.70. The monoisotopic (exact) mass is 1080 g/mol. The minimum Gasteiger partial charge on any atom is -0.372 e. The molecule has 0 bridgehead atoms. The van der Waals surface area contributed by atoms with Crippen molar-refractivity contribution in [3.8, 4) is 0 Å². The Morgan fingerprint density at radius 3 is 0.855 bits per heavy atom. The van der Waals surface area contributed by atoms with Crippen molar-refractivity contribution in [1.82, 2.24) is 92.0 Å². The van der Waals surface area contributed by atoms with Crippen LogP contribution in [0.1, 0.15) is 193 Å². The summed E-state index contributed by atoms with van der Waals surface area (Å²) in [4.78, 5) is 26.3. The largest absolute Gasteiger partial charge is 0.372 e. The number of aliphatic imine (C=N–C) groups is 2. The van der Waals surface area contributed by atoms with Crippen molar-refractivity contribution in [3.63, 3.8) is 0 Å². The zero-order valence-electron chi connectivity index (χ0n) is 51.7. The highest BCUT2D eigenvalue weighted by atomic mass is 32.2. The molecule has 76 heavy (non-hydrogen) atoms. The van der Waals surface area contributed by atoms with Crippen LogP contribution in [0.15, 0.2) is 88.1 Å². The third-order valence-corrected chi connectivity index (χ3v) is 4.00. The van der Waals surface area contributed by atoms with E-state index in [-0.39, 0.29) is 5.41 Å². The van der Waals surface area contributed by atoms with Gasteiger partial charge in [0.15, 0.2) is 5.82 Å². The molecule has 0 N–H and O–H groups in total. The number of aromatic nitrogens is 18. The highest BCUT2D eigenvalue weighted by Crippen LogP contribution is 2.15. The standard InChI is InChI=1S/C5H9N5.6C5H12.3C3H3N3.C3H4N2O.C3H4N2S.C2H2N4/c1-5(2,3)4-6-8-10-9-7-4;6*1-5(2,3)4;1-4-2-6-3-5-1;1-2-5-6-3-4-1;1-2-4-6-5-3-1;2*1-2-5-6-3-4-1;1-2-4-6-5-3-1/h1-3H3;6*1-4H3;3*1-3H;2*1-2H,3H2;1-2H. The van der Waals surface area contributed by atoms with E-state index in [2.05, 4.69) is 283 Å². The molecule has 7 heterocycles. The molecule has 0 unspecified atom stereocenters. The molecule has 0 radical (unpaired) electrons. The summed E-state index contributed by atoms with van der Waals surface area (Å²) in [6, 6.07) is 1.72. The van der Waals surface area contributed by atoms with Gasteiger partial charge in [0.05, 0.1) is 43.4 Å². The molecule has 0 amide bonds. The maximum Gasteiger partial charge on any atom is 0.206 e. The third kappa shape index (κ3) is 158. The SMILES string of the molecule is C1=NCON=C1.C1=NCSN=C1.CC(C)(C)C.CC(C)(C)C.CC(C)(C)C.CC(C)(C)C.CC(C)(C)C.CC(C)(C)C.CC(C)(C)c1nnnnn1.c1cnncn1.c1cnnnc1.c1cnnnn1.c1ncncn1. The Kier molecular flexibility index (Phi) is 52.8. The van der Waals surface area contributed by atoms with Crippen LogP contribution in [0.25, 0.3) is 0 Å². The lowest BCUT2D eigenvalue weighted by Gasteiger charge is -2.12. The van der Waals surface area contributed by atoms with Gasteiger partial charge in [0.25, 0.3) is 0 Å². The number of rotatable bonds is 0. The summed E-state index contributed by atoms with van der Waals surface area (Å²) in [7, 11) is 0. The molecule has 430 valence electrons. The molecule has 0 spiro atoms. The highest BCUT2D eigenvalue weighted by molar-refractivity contribution is 7.98. The molecule has 2 aliphatic rings. The van der Waals surface area contributed by atoms with Crippen molar-refractivity contribution in [1.29, 1.82) is 0 Å². The smallest absolute Gasteiger partial charge is 0.206 e. The summed E-state index contributed by atoms with van der Waals surface area (Å²) in [5, 5.41) is 50.9. The highest BCUT2D eigenvalue weighted by Gasteiger charge is 2.17. The minimum absolute atomic E-state index is 0.0943. The molecule has 7 rings (SSSR count). The molecule has 24 heteroatoms. The second kappa shape index (κ2) is 49.5. The van der Waals surface area contributed by atoms with Gasteiger partial charge in [-0.15, -0.1) is 35.7 Å². The summed E-state index contributed by atoms with van der Waals surface area (Å²) in [6.45, 7) is 58.8. The quantitative estimate of drug-likeness (QED) is 0.130. The van der Waals surface area contributed by atoms with Crippen LogP contribution in [0.4, 0.5) is 0 Å². The molecule has 5 aromatic heterocycles. The Morgan fingerprint density at radius 1 is 0.355 bits per heavy atom. The van der Waals surface area contributed by atoms with Crippen LogP contribution in [0.2, 0.25) is 0 Å². The van der Waals surface area contributed by atoms with E-state index in [1.54, 1.807) is 43.3 Å². The molecular weight excluding hydrogens is 981 g/mol. The van der Waals surface area contributed by atoms with Gasteiger partial charge in [0.1, 0.15) is 31.2 Å². The van der Waals surface area contributed by atoms with Crippen LogP contribution in [0.5, 0.6) is 0 Å². The van der Waals surface area contributed by atoms with Crippen LogP contribution >= 0.6 is 11.9 Å². The molecule has 0 fully saturated rings. The predicted octanol–water partition coefficient (Wildman–Crippen LogP) is 11.9. The molecule has 23 nitrogen and oxygen atoms in total.